The molecule has 7 heteroatoms. The van der Waals surface area contributed by atoms with Gasteiger partial charge in [-0.1, -0.05) is 38.1 Å². The van der Waals surface area contributed by atoms with Gasteiger partial charge in [0.15, 0.2) is 0 Å². The number of anilines is 1. The highest BCUT2D eigenvalue weighted by Crippen LogP contribution is 2.42. The van der Waals surface area contributed by atoms with Crippen LogP contribution in [0.15, 0.2) is 42.5 Å². The number of hydrogen-bond acceptors (Lipinski definition) is 4. The van der Waals surface area contributed by atoms with E-state index in [1.54, 1.807) is 12.1 Å². The van der Waals surface area contributed by atoms with Crippen LogP contribution in [0, 0.1) is 13.8 Å². The Balaban J connectivity index is 1.86. The minimum Gasteiger partial charge on any atom is -0.487 e. The van der Waals surface area contributed by atoms with Gasteiger partial charge >= 0.3 is 0 Å². The monoisotopic (exact) mass is 444 g/mol. The molecule has 0 unspecified atom stereocenters. The fourth-order valence-corrected chi connectivity index (χ4v) is 4.93. The van der Waals surface area contributed by atoms with E-state index < -0.39 is 10.0 Å². The number of nitrogens with zero attached hydrogens (tertiary/aromatic N) is 1. The molecule has 168 valence electrons. The first-order valence-electron chi connectivity index (χ1n) is 10.7. The fourth-order valence-electron chi connectivity index (χ4n) is 4.08. The molecule has 0 aliphatic carbocycles. The smallest absolute Gasteiger partial charge is 0.241 e. The van der Waals surface area contributed by atoms with Crippen molar-refractivity contribution < 1.29 is 17.9 Å². The zero-order valence-corrected chi connectivity index (χ0v) is 19.8. The SMILES string of the molecule is CCC1(CC)C[C@H](NC(=O)CN(c2ccc(C)c(C)c2)S(C)(=O)=O)c2ccccc2O1. The van der Waals surface area contributed by atoms with Gasteiger partial charge in [-0.15, -0.1) is 0 Å². The van der Waals surface area contributed by atoms with Gasteiger partial charge in [0, 0.05) is 12.0 Å². The van der Waals surface area contributed by atoms with E-state index in [1.807, 2.05) is 44.2 Å². The largest absolute Gasteiger partial charge is 0.487 e. The van der Waals surface area contributed by atoms with Crippen LogP contribution in [-0.2, 0) is 14.8 Å². The number of fused-ring (bicyclic) bond motifs is 1. The molecule has 0 aromatic heterocycles. The summed E-state index contributed by atoms with van der Waals surface area (Å²) >= 11 is 0. The van der Waals surface area contributed by atoms with Crippen molar-refractivity contribution in [2.45, 2.75) is 58.6 Å². The summed E-state index contributed by atoms with van der Waals surface area (Å²) in [6.45, 7) is 7.79. The average molecular weight is 445 g/mol. The first-order valence-corrected chi connectivity index (χ1v) is 12.6. The number of amides is 1. The summed E-state index contributed by atoms with van der Waals surface area (Å²) in [7, 11) is -3.63. The summed E-state index contributed by atoms with van der Waals surface area (Å²) in [4.78, 5) is 13.0. The molecule has 0 saturated carbocycles. The number of hydrogen-bond donors (Lipinski definition) is 1. The highest BCUT2D eigenvalue weighted by molar-refractivity contribution is 7.92. The molecule has 0 radical (unpaired) electrons. The molecule has 0 spiro atoms. The number of ether oxygens (including phenoxy) is 1. The van der Waals surface area contributed by atoms with E-state index in [1.165, 1.54) is 0 Å². The average Bonchev–Trinajstić information content (AvgIpc) is 2.73. The Hall–Kier alpha value is -2.54. The van der Waals surface area contributed by atoms with Gasteiger partial charge < -0.3 is 10.1 Å². The van der Waals surface area contributed by atoms with E-state index in [0.29, 0.717) is 12.1 Å². The molecule has 3 rings (SSSR count). The van der Waals surface area contributed by atoms with E-state index >= 15 is 0 Å². The topological polar surface area (TPSA) is 75.7 Å². The summed E-state index contributed by atoms with van der Waals surface area (Å²) in [6, 6.07) is 12.9. The number of rotatable bonds is 7. The standard InChI is InChI=1S/C24H32N2O4S/c1-6-24(7-2)15-21(20-10-8-9-11-22(20)30-24)25-23(27)16-26(31(5,28)29)19-13-12-17(3)18(4)14-19/h8-14,21H,6-7,15-16H2,1-5H3,(H,25,27)/t21-/m0/s1. The molecule has 31 heavy (non-hydrogen) atoms. The lowest BCUT2D eigenvalue weighted by atomic mass is 9.83. The Kier molecular flexibility index (Phi) is 6.65. The van der Waals surface area contributed by atoms with Gasteiger partial charge in [0.2, 0.25) is 15.9 Å². The molecular weight excluding hydrogens is 412 g/mol. The Morgan fingerprint density at radius 2 is 1.81 bits per heavy atom. The molecule has 6 nitrogen and oxygen atoms in total. The highest BCUT2D eigenvalue weighted by atomic mass is 32.2. The molecule has 1 amide bonds. The predicted octanol–water partition coefficient (Wildman–Crippen LogP) is 4.27. The van der Waals surface area contributed by atoms with Crippen LogP contribution in [0.25, 0.3) is 0 Å². The molecule has 1 heterocycles. The van der Waals surface area contributed by atoms with Crippen molar-refractivity contribution in [3.8, 4) is 5.75 Å². The third kappa shape index (κ3) is 5.03. The number of carbonyl (C=O) groups excluding carboxylic acids is 1. The van der Waals surface area contributed by atoms with Crippen LogP contribution in [-0.4, -0.2) is 32.7 Å². The number of carbonyl (C=O) groups is 1. The van der Waals surface area contributed by atoms with E-state index in [2.05, 4.69) is 19.2 Å². The van der Waals surface area contributed by atoms with E-state index in [0.717, 1.165) is 45.8 Å². The number of nitrogens with one attached hydrogen (secondary N) is 1. The van der Waals surface area contributed by atoms with E-state index in [4.69, 9.17) is 4.74 Å². The van der Waals surface area contributed by atoms with Gasteiger partial charge in [0.05, 0.1) is 18.0 Å². The lowest BCUT2D eigenvalue weighted by molar-refractivity contribution is -0.121. The normalized spacial score (nSPS) is 17.4. The Morgan fingerprint density at radius 1 is 1.13 bits per heavy atom. The van der Waals surface area contributed by atoms with Crippen molar-refractivity contribution in [2.24, 2.45) is 0 Å². The van der Waals surface area contributed by atoms with Crippen molar-refractivity contribution in [3.63, 3.8) is 0 Å². The first kappa shape index (κ1) is 23.1. The third-order valence-corrected chi connectivity index (χ3v) is 7.43. The maximum Gasteiger partial charge on any atom is 0.241 e. The fraction of sp³-hybridized carbons (Fsp3) is 0.458. The zero-order chi connectivity index (χ0) is 22.8. The molecular formula is C24H32N2O4S. The lowest BCUT2D eigenvalue weighted by Crippen LogP contribution is -2.47. The van der Waals surface area contributed by atoms with Gasteiger partial charge in [-0.2, -0.15) is 0 Å². The van der Waals surface area contributed by atoms with Gasteiger partial charge in [-0.25, -0.2) is 8.42 Å². The van der Waals surface area contributed by atoms with Crippen LogP contribution in [0.1, 0.15) is 55.8 Å². The number of benzene rings is 2. The Bertz CT molecular complexity index is 1060. The number of para-hydroxylation sites is 1. The summed E-state index contributed by atoms with van der Waals surface area (Å²) in [5, 5.41) is 3.07. The second-order valence-corrected chi connectivity index (χ2v) is 10.3. The molecule has 1 aliphatic heterocycles. The zero-order valence-electron chi connectivity index (χ0n) is 18.9. The van der Waals surface area contributed by atoms with Crippen molar-refractivity contribution in [1.82, 2.24) is 5.32 Å². The Morgan fingerprint density at radius 3 is 2.42 bits per heavy atom. The minimum absolute atomic E-state index is 0.237. The van der Waals surface area contributed by atoms with Crippen molar-refractivity contribution >= 4 is 21.6 Å². The van der Waals surface area contributed by atoms with Gasteiger partial charge in [-0.3, -0.25) is 9.10 Å². The van der Waals surface area contributed by atoms with Gasteiger partial charge in [0.1, 0.15) is 17.9 Å². The molecule has 2 aromatic rings. The lowest BCUT2D eigenvalue weighted by Gasteiger charge is -2.41. The first-order chi connectivity index (χ1) is 14.6. The van der Waals surface area contributed by atoms with E-state index in [9.17, 15) is 13.2 Å². The maximum atomic E-state index is 13.0. The minimum atomic E-state index is -3.63. The van der Waals surface area contributed by atoms with Crippen LogP contribution in [0.5, 0.6) is 5.75 Å². The highest BCUT2D eigenvalue weighted by Gasteiger charge is 2.39. The van der Waals surface area contributed by atoms with Gasteiger partial charge in [-0.05, 0) is 56.0 Å². The quantitative estimate of drug-likeness (QED) is 0.692. The van der Waals surface area contributed by atoms with Crippen LogP contribution < -0.4 is 14.4 Å². The summed E-state index contributed by atoms with van der Waals surface area (Å²) in [6.07, 6.45) is 3.41. The second-order valence-electron chi connectivity index (χ2n) is 8.39. The summed E-state index contributed by atoms with van der Waals surface area (Å²) in [5.74, 6) is 0.434. The number of aryl methyl sites for hydroxylation is 2. The van der Waals surface area contributed by atoms with Gasteiger partial charge in [0.25, 0.3) is 0 Å². The maximum absolute atomic E-state index is 13.0. The van der Waals surface area contributed by atoms with Crippen LogP contribution in [0.3, 0.4) is 0 Å². The summed E-state index contributed by atoms with van der Waals surface area (Å²) < 4.78 is 32.4. The van der Waals surface area contributed by atoms with Crippen molar-refractivity contribution in [3.05, 3.63) is 59.2 Å². The molecule has 1 aliphatic rings. The summed E-state index contributed by atoms with van der Waals surface area (Å²) in [5.41, 5.74) is 3.10. The molecule has 1 atom stereocenters. The van der Waals surface area contributed by atoms with Crippen LogP contribution in [0.2, 0.25) is 0 Å². The molecule has 0 bridgehead atoms. The second kappa shape index (κ2) is 8.91. The van der Waals surface area contributed by atoms with Crippen LogP contribution >= 0.6 is 0 Å². The van der Waals surface area contributed by atoms with Crippen molar-refractivity contribution in [2.75, 3.05) is 17.1 Å². The molecule has 1 N–H and O–H groups in total. The van der Waals surface area contributed by atoms with Crippen molar-refractivity contribution in [1.29, 1.82) is 0 Å². The third-order valence-electron chi connectivity index (χ3n) is 6.29. The predicted molar refractivity (Wildman–Crippen MR) is 124 cm³/mol. The Labute approximate surface area is 185 Å². The molecule has 2 aromatic carbocycles. The van der Waals surface area contributed by atoms with E-state index in [-0.39, 0.29) is 24.1 Å². The van der Waals surface area contributed by atoms with Crippen LogP contribution in [0.4, 0.5) is 5.69 Å². The molecule has 0 fully saturated rings. The molecule has 0 saturated heterocycles. The number of sulfonamides is 1.